The average molecular weight is 391 g/mol. The Hall–Kier alpha value is -0.176. The Bertz CT molecular complexity index is 417. The molecule has 0 saturated heterocycles. The molecule has 25 heavy (non-hydrogen) atoms. The minimum Gasteiger partial charge on any atom is -0.477 e. The van der Waals surface area contributed by atoms with Gasteiger partial charge in [-0.3, -0.25) is 0 Å². The van der Waals surface area contributed by atoms with Gasteiger partial charge in [0.2, 0.25) is 0 Å². The lowest BCUT2D eigenvalue weighted by atomic mass is 10.1. The third-order valence-electron chi connectivity index (χ3n) is 5.89. The molecular weight excluding hydrogens is 348 g/mol. The van der Waals surface area contributed by atoms with Crippen LogP contribution in [-0.4, -0.2) is 33.5 Å². The number of hydrogen-bond acceptors (Lipinski definition) is 3. The molecule has 0 atom stereocenters. The van der Waals surface area contributed by atoms with Crippen LogP contribution in [0, 0.1) is 0 Å². The van der Waals surface area contributed by atoms with Crippen LogP contribution in [0.25, 0.3) is 0 Å². The summed E-state index contributed by atoms with van der Waals surface area (Å²) in [5.41, 5.74) is 0. The molecule has 0 spiro atoms. The van der Waals surface area contributed by atoms with Crippen LogP contribution < -0.4 is 0 Å². The highest BCUT2D eigenvalue weighted by Crippen LogP contribution is 2.45. The molecule has 0 aromatic rings. The highest BCUT2D eigenvalue weighted by molar-refractivity contribution is 6.75. The third kappa shape index (κ3) is 6.49. The Labute approximate surface area is 157 Å². The second kappa shape index (κ2) is 8.23. The quantitative estimate of drug-likeness (QED) is 0.281. The average Bonchev–Trinajstić information content (AvgIpc) is 2.34. The maximum atomic E-state index is 12.4. The van der Waals surface area contributed by atoms with Crippen molar-refractivity contribution in [2.45, 2.75) is 116 Å². The van der Waals surface area contributed by atoms with Crippen molar-refractivity contribution in [1.82, 2.24) is 0 Å². The van der Waals surface area contributed by atoms with Crippen LogP contribution in [0.1, 0.15) is 74.1 Å². The van der Waals surface area contributed by atoms with Gasteiger partial charge >= 0.3 is 5.97 Å². The zero-order valence-electron chi connectivity index (χ0n) is 18.5. The maximum absolute atomic E-state index is 12.4. The predicted molar refractivity (Wildman–Crippen MR) is 111 cm³/mol. The SMILES string of the molecule is CCCCCC(O[Si](C)(C)C(C)(C)C)(O[Si](C)(C)C(C)(C)C)C(=O)O. The number of carbonyl (C=O) groups is 1. The summed E-state index contributed by atoms with van der Waals surface area (Å²) in [6.07, 6.45) is 3.23. The highest BCUT2D eigenvalue weighted by Gasteiger charge is 2.54. The molecule has 0 saturated carbocycles. The van der Waals surface area contributed by atoms with Crippen molar-refractivity contribution >= 4 is 22.6 Å². The first-order valence-electron chi connectivity index (χ1n) is 9.55. The summed E-state index contributed by atoms with van der Waals surface area (Å²) in [6, 6.07) is 0. The van der Waals surface area contributed by atoms with E-state index >= 15 is 0 Å². The van der Waals surface area contributed by atoms with Gasteiger partial charge in [0.1, 0.15) is 0 Å². The number of unbranched alkanes of at least 4 members (excludes halogenated alkanes) is 2. The van der Waals surface area contributed by atoms with Gasteiger partial charge in [0, 0.05) is 6.42 Å². The van der Waals surface area contributed by atoms with E-state index in [1.165, 1.54) is 0 Å². The molecule has 150 valence electrons. The molecule has 0 heterocycles. The monoisotopic (exact) mass is 390 g/mol. The van der Waals surface area contributed by atoms with Crippen LogP contribution in [0.3, 0.4) is 0 Å². The highest BCUT2D eigenvalue weighted by atomic mass is 28.4. The first-order valence-corrected chi connectivity index (χ1v) is 15.4. The van der Waals surface area contributed by atoms with Gasteiger partial charge in [-0.1, -0.05) is 61.3 Å². The number of carboxylic acids is 1. The van der Waals surface area contributed by atoms with E-state index in [4.69, 9.17) is 8.85 Å². The minimum atomic E-state index is -2.31. The molecule has 0 aliphatic heterocycles. The van der Waals surface area contributed by atoms with Crippen LogP contribution in [0.5, 0.6) is 0 Å². The van der Waals surface area contributed by atoms with Crippen molar-refractivity contribution in [3.8, 4) is 0 Å². The molecule has 6 heteroatoms. The first kappa shape index (κ1) is 24.8. The lowest BCUT2D eigenvalue weighted by molar-refractivity contribution is -0.194. The van der Waals surface area contributed by atoms with Crippen molar-refractivity contribution in [1.29, 1.82) is 0 Å². The van der Waals surface area contributed by atoms with E-state index in [0.29, 0.717) is 6.42 Å². The molecule has 0 aliphatic carbocycles. The number of carboxylic acid groups (broad SMARTS) is 1. The van der Waals surface area contributed by atoms with E-state index < -0.39 is 28.4 Å². The molecule has 0 amide bonds. The van der Waals surface area contributed by atoms with Crippen LogP contribution in [-0.2, 0) is 13.6 Å². The Morgan fingerprint density at radius 1 is 0.840 bits per heavy atom. The van der Waals surface area contributed by atoms with Gasteiger partial charge in [0.05, 0.1) is 0 Å². The van der Waals surface area contributed by atoms with Crippen molar-refractivity contribution < 1.29 is 18.8 Å². The van der Waals surface area contributed by atoms with Crippen LogP contribution in [0.15, 0.2) is 0 Å². The minimum absolute atomic E-state index is 0.0742. The molecule has 0 fully saturated rings. The molecule has 4 nitrogen and oxygen atoms in total. The molecule has 0 aromatic carbocycles. The second-order valence-electron chi connectivity index (χ2n) is 10.2. The van der Waals surface area contributed by atoms with Gasteiger partial charge in [0.15, 0.2) is 16.6 Å². The smallest absolute Gasteiger partial charge is 0.362 e. The summed E-state index contributed by atoms with van der Waals surface area (Å²) in [5.74, 6) is -2.50. The molecule has 0 unspecified atom stereocenters. The summed E-state index contributed by atoms with van der Waals surface area (Å²) >= 11 is 0. The van der Waals surface area contributed by atoms with Gasteiger partial charge < -0.3 is 14.0 Å². The maximum Gasteiger partial charge on any atom is 0.362 e. The zero-order valence-corrected chi connectivity index (χ0v) is 20.5. The Morgan fingerprint density at radius 2 is 1.20 bits per heavy atom. The summed E-state index contributed by atoms with van der Waals surface area (Å²) in [5, 5.41) is 10.0. The van der Waals surface area contributed by atoms with E-state index in [0.717, 1.165) is 19.3 Å². The summed E-state index contributed by atoms with van der Waals surface area (Å²) in [4.78, 5) is 12.4. The van der Waals surface area contributed by atoms with Gasteiger partial charge in [-0.15, -0.1) is 0 Å². The first-order chi connectivity index (χ1) is 10.9. The molecule has 0 bridgehead atoms. The summed E-state index contributed by atoms with van der Waals surface area (Å²) in [6.45, 7) is 23.3. The van der Waals surface area contributed by atoms with Crippen LogP contribution in [0.2, 0.25) is 36.3 Å². The molecule has 0 radical (unpaired) electrons. The van der Waals surface area contributed by atoms with Gasteiger partial charge in [-0.25, -0.2) is 4.79 Å². The standard InChI is InChI=1S/C19H42O4Si2/c1-12-13-14-15-19(16(20)21,22-24(8,9)17(2,3)4)23-25(10,11)18(5,6)7/h12-15H2,1-11H3,(H,20,21). The molecule has 1 N–H and O–H groups in total. The van der Waals surface area contributed by atoms with Crippen molar-refractivity contribution in [3.05, 3.63) is 0 Å². The van der Waals surface area contributed by atoms with E-state index in [2.05, 4.69) is 74.7 Å². The fourth-order valence-corrected chi connectivity index (χ4v) is 4.86. The Kier molecular flexibility index (Phi) is 8.18. The Balaban J connectivity index is 5.96. The van der Waals surface area contributed by atoms with E-state index in [1.54, 1.807) is 0 Å². The largest absolute Gasteiger partial charge is 0.477 e. The van der Waals surface area contributed by atoms with Crippen molar-refractivity contribution in [2.24, 2.45) is 0 Å². The molecule has 0 aromatic heterocycles. The topological polar surface area (TPSA) is 55.8 Å². The van der Waals surface area contributed by atoms with Gasteiger partial charge in [-0.2, -0.15) is 0 Å². The fourth-order valence-electron chi connectivity index (χ4n) is 2.06. The lowest BCUT2D eigenvalue weighted by Gasteiger charge is -2.48. The van der Waals surface area contributed by atoms with E-state index in [1.807, 2.05) is 0 Å². The normalized spacial score (nSPS) is 14.7. The number of hydrogen-bond donors (Lipinski definition) is 1. The number of rotatable bonds is 9. The second-order valence-corrected chi connectivity index (χ2v) is 19.7. The third-order valence-corrected chi connectivity index (χ3v) is 14.8. The van der Waals surface area contributed by atoms with Gasteiger partial charge in [-0.05, 0) is 42.7 Å². The fraction of sp³-hybridized carbons (Fsp3) is 0.947. The Morgan fingerprint density at radius 3 is 1.44 bits per heavy atom. The van der Waals surface area contributed by atoms with Crippen LogP contribution in [0.4, 0.5) is 0 Å². The van der Waals surface area contributed by atoms with Crippen molar-refractivity contribution in [2.75, 3.05) is 0 Å². The van der Waals surface area contributed by atoms with Crippen LogP contribution >= 0.6 is 0 Å². The summed E-state index contributed by atoms with van der Waals surface area (Å²) < 4.78 is 13.0. The zero-order chi connectivity index (χ0) is 20.3. The van der Waals surface area contributed by atoms with Gasteiger partial charge in [0.25, 0.3) is 5.79 Å². The van der Waals surface area contributed by atoms with Crippen molar-refractivity contribution in [3.63, 3.8) is 0 Å². The molecular formula is C19H42O4Si2. The number of aliphatic carboxylic acids is 1. The van der Waals surface area contributed by atoms with E-state index in [9.17, 15) is 9.90 Å². The summed E-state index contributed by atoms with van der Waals surface area (Å²) in [7, 11) is -4.61. The molecule has 0 aliphatic rings. The lowest BCUT2D eigenvalue weighted by Crippen LogP contribution is -2.60. The van der Waals surface area contributed by atoms with E-state index in [-0.39, 0.29) is 10.1 Å². The molecule has 0 rings (SSSR count). The predicted octanol–water partition coefficient (Wildman–Crippen LogP) is 6.39.